The summed E-state index contributed by atoms with van der Waals surface area (Å²) in [5.74, 6) is -1.42. The number of hydrogen-bond acceptors (Lipinski definition) is 3. The van der Waals surface area contributed by atoms with Gasteiger partial charge >= 0.3 is 0 Å². The molecule has 0 radical (unpaired) electrons. The molecule has 1 unspecified atom stereocenters. The van der Waals surface area contributed by atoms with Gasteiger partial charge in [-0.25, -0.2) is 8.78 Å². The van der Waals surface area contributed by atoms with E-state index in [9.17, 15) is 18.9 Å². The molecule has 2 aromatic carbocycles. The lowest BCUT2D eigenvalue weighted by atomic mass is 10.1. The number of nitrogens with one attached hydrogen (secondary N) is 1. The standard InChI is InChI=1S/C14H11BrF2N2O2/c1-8(9-2-4-11(5-3-9)19(20)21)18-14-12(16)6-10(15)7-13(14)17/h2-8,18H,1H3. The molecule has 4 nitrogen and oxygen atoms in total. The average molecular weight is 357 g/mol. The van der Waals surface area contributed by atoms with Gasteiger partial charge in [-0.3, -0.25) is 10.1 Å². The molecule has 21 heavy (non-hydrogen) atoms. The number of benzene rings is 2. The predicted octanol–water partition coefficient (Wildman–Crippen LogP) is 4.81. The maximum Gasteiger partial charge on any atom is 0.269 e. The van der Waals surface area contributed by atoms with Gasteiger partial charge in [0.15, 0.2) is 0 Å². The van der Waals surface area contributed by atoms with Gasteiger partial charge < -0.3 is 5.32 Å². The fraction of sp³-hybridized carbons (Fsp3) is 0.143. The average Bonchev–Trinajstić information content (AvgIpc) is 2.42. The van der Waals surface area contributed by atoms with E-state index in [0.717, 1.165) is 12.1 Å². The summed E-state index contributed by atoms with van der Waals surface area (Å²) < 4.78 is 27.8. The van der Waals surface area contributed by atoms with E-state index < -0.39 is 22.6 Å². The molecule has 2 rings (SSSR count). The lowest BCUT2D eigenvalue weighted by Crippen LogP contribution is -2.09. The molecule has 1 atom stereocenters. The van der Waals surface area contributed by atoms with E-state index in [2.05, 4.69) is 21.2 Å². The first-order valence-electron chi connectivity index (χ1n) is 6.04. The summed E-state index contributed by atoms with van der Waals surface area (Å²) in [5, 5.41) is 13.3. The highest BCUT2D eigenvalue weighted by Gasteiger charge is 2.15. The molecule has 0 aromatic heterocycles. The van der Waals surface area contributed by atoms with Gasteiger partial charge in [0.05, 0.1) is 4.92 Å². The molecule has 0 fully saturated rings. The summed E-state index contributed by atoms with van der Waals surface area (Å²) in [6.07, 6.45) is 0. The van der Waals surface area contributed by atoms with Gasteiger partial charge in [0.1, 0.15) is 17.3 Å². The Morgan fingerprint density at radius 3 is 2.19 bits per heavy atom. The molecule has 0 spiro atoms. The Balaban J connectivity index is 2.22. The fourth-order valence-electron chi connectivity index (χ4n) is 1.86. The van der Waals surface area contributed by atoms with Crippen LogP contribution in [0.1, 0.15) is 18.5 Å². The topological polar surface area (TPSA) is 55.2 Å². The van der Waals surface area contributed by atoms with Crippen LogP contribution in [0.4, 0.5) is 20.2 Å². The molecule has 0 heterocycles. The van der Waals surface area contributed by atoms with Crippen molar-refractivity contribution in [2.45, 2.75) is 13.0 Å². The van der Waals surface area contributed by atoms with Crippen molar-refractivity contribution >= 4 is 27.3 Å². The summed E-state index contributed by atoms with van der Waals surface area (Å²) >= 11 is 3.01. The van der Waals surface area contributed by atoms with Gasteiger partial charge in [0, 0.05) is 22.6 Å². The SMILES string of the molecule is CC(Nc1c(F)cc(Br)cc1F)c1ccc([N+](=O)[O-])cc1. The monoisotopic (exact) mass is 356 g/mol. The number of rotatable bonds is 4. The van der Waals surface area contributed by atoms with E-state index in [0.29, 0.717) is 10.0 Å². The number of nitrogens with zero attached hydrogens (tertiary/aromatic N) is 1. The minimum Gasteiger partial charge on any atom is -0.374 e. The molecular formula is C14H11BrF2N2O2. The molecule has 0 saturated carbocycles. The predicted molar refractivity (Wildman–Crippen MR) is 79.2 cm³/mol. The van der Waals surface area contributed by atoms with E-state index in [1.807, 2.05) is 0 Å². The second-order valence-corrected chi connectivity index (χ2v) is 5.37. The van der Waals surface area contributed by atoms with Crippen LogP contribution in [0.25, 0.3) is 0 Å². The van der Waals surface area contributed by atoms with E-state index in [1.54, 1.807) is 19.1 Å². The molecule has 0 bridgehead atoms. The number of hydrogen-bond donors (Lipinski definition) is 1. The second kappa shape index (κ2) is 6.17. The van der Waals surface area contributed by atoms with Gasteiger partial charge in [-0.15, -0.1) is 0 Å². The summed E-state index contributed by atoms with van der Waals surface area (Å²) in [5.41, 5.74) is 0.415. The number of non-ortho nitro benzene ring substituents is 1. The number of halogens is 3. The van der Waals surface area contributed by atoms with Crippen LogP contribution in [0.3, 0.4) is 0 Å². The maximum absolute atomic E-state index is 13.7. The van der Waals surface area contributed by atoms with Gasteiger partial charge in [-0.05, 0) is 24.6 Å². The van der Waals surface area contributed by atoms with Crippen LogP contribution in [0.15, 0.2) is 40.9 Å². The Labute approximate surface area is 128 Å². The maximum atomic E-state index is 13.7. The number of nitro benzene ring substituents is 1. The Kier molecular flexibility index (Phi) is 4.52. The molecule has 0 aliphatic rings. The van der Waals surface area contributed by atoms with Crippen molar-refractivity contribution in [1.82, 2.24) is 0 Å². The smallest absolute Gasteiger partial charge is 0.269 e. The van der Waals surface area contributed by atoms with E-state index in [4.69, 9.17) is 0 Å². The van der Waals surface area contributed by atoms with Crippen LogP contribution in [0.5, 0.6) is 0 Å². The third kappa shape index (κ3) is 3.55. The van der Waals surface area contributed by atoms with Crippen molar-refractivity contribution in [3.63, 3.8) is 0 Å². The van der Waals surface area contributed by atoms with Crippen molar-refractivity contribution in [3.8, 4) is 0 Å². The molecule has 0 aliphatic carbocycles. The van der Waals surface area contributed by atoms with Crippen LogP contribution in [-0.2, 0) is 0 Å². The summed E-state index contributed by atoms with van der Waals surface area (Å²) in [6, 6.07) is 7.71. The highest BCUT2D eigenvalue weighted by Crippen LogP contribution is 2.28. The highest BCUT2D eigenvalue weighted by molar-refractivity contribution is 9.10. The first-order chi connectivity index (χ1) is 9.88. The quantitative estimate of drug-likeness (QED) is 0.631. The molecule has 0 amide bonds. The van der Waals surface area contributed by atoms with Crippen LogP contribution >= 0.6 is 15.9 Å². The number of anilines is 1. The summed E-state index contributed by atoms with van der Waals surface area (Å²) in [7, 11) is 0. The minimum absolute atomic E-state index is 0.0352. The van der Waals surface area contributed by atoms with E-state index in [1.165, 1.54) is 12.1 Å². The zero-order chi connectivity index (χ0) is 15.6. The number of nitro groups is 1. The summed E-state index contributed by atoms with van der Waals surface area (Å²) in [6.45, 7) is 1.71. The van der Waals surface area contributed by atoms with Gasteiger partial charge in [-0.1, -0.05) is 28.1 Å². The van der Waals surface area contributed by atoms with Crippen molar-refractivity contribution in [2.24, 2.45) is 0 Å². The van der Waals surface area contributed by atoms with Crippen LogP contribution in [-0.4, -0.2) is 4.92 Å². The lowest BCUT2D eigenvalue weighted by Gasteiger charge is -2.17. The Morgan fingerprint density at radius 1 is 1.19 bits per heavy atom. The third-order valence-electron chi connectivity index (χ3n) is 2.97. The highest BCUT2D eigenvalue weighted by atomic mass is 79.9. The molecular weight excluding hydrogens is 346 g/mol. The minimum atomic E-state index is -0.712. The fourth-order valence-corrected chi connectivity index (χ4v) is 2.27. The summed E-state index contributed by atoms with van der Waals surface area (Å²) in [4.78, 5) is 10.1. The van der Waals surface area contributed by atoms with E-state index in [-0.39, 0.29) is 11.4 Å². The van der Waals surface area contributed by atoms with Crippen molar-refractivity contribution in [2.75, 3.05) is 5.32 Å². The molecule has 0 saturated heterocycles. The van der Waals surface area contributed by atoms with Crippen molar-refractivity contribution in [1.29, 1.82) is 0 Å². The van der Waals surface area contributed by atoms with Gasteiger partial charge in [-0.2, -0.15) is 0 Å². The first-order valence-corrected chi connectivity index (χ1v) is 6.83. The lowest BCUT2D eigenvalue weighted by molar-refractivity contribution is -0.384. The van der Waals surface area contributed by atoms with Gasteiger partial charge in [0.25, 0.3) is 5.69 Å². The van der Waals surface area contributed by atoms with Crippen LogP contribution in [0.2, 0.25) is 0 Å². The third-order valence-corrected chi connectivity index (χ3v) is 3.43. The molecule has 110 valence electrons. The van der Waals surface area contributed by atoms with Crippen molar-refractivity contribution < 1.29 is 13.7 Å². The Hall–Kier alpha value is -2.02. The van der Waals surface area contributed by atoms with Crippen LogP contribution < -0.4 is 5.32 Å². The zero-order valence-electron chi connectivity index (χ0n) is 10.9. The Morgan fingerprint density at radius 2 is 1.71 bits per heavy atom. The van der Waals surface area contributed by atoms with Crippen molar-refractivity contribution in [3.05, 3.63) is 68.2 Å². The normalized spacial score (nSPS) is 12.0. The van der Waals surface area contributed by atoms with E-state index >= 15 is 0 Å². The largest absolute Gasteiger partial charge is 0.374 e. The Bertz CT molecular complexity index is 654. The molecule has 0 aliphatic heterocycles. The first kappa shape index (κ1) is 15.4. The van der Waals surface area contributed by atoms with Gasteiger partial charge in [0.2, 0.25) is 0 Å². The second-order valence-electron chi connectivity index (χ2n) is 4.46. The molecule has 1 N–H and O–H groups in total. The molecule has 2 aromatic rings. The zero-order valence-corrected chi connectivity index (χ0v) is 12.5. The van der Waals surface area contributed by atoms with Crippen LogP contribution in [0, 0.1) is 21.7 Å². The molecule has 7 heteroatoms.